The van der Waals surface area contributed by atoms with Crippen LogP contribution in [-0.2, 0) is 14.9 Å². The molecule has 114 valence electrons. The van der Waals surface area contributed by atoms with Crippen LogP contribution in [-0.4, -0.2) is 28.2 Å². The first kappa shape index (κ1) is 16.7. The highest BCUT2D eigenvalue weighted by molar-refractivity contribution is 7.89. The predicted molar refractivity (Wildman–Crippen MR) is 70.7 cm³/mol. The molecular formula is C12H18FNO5S. The van der Waals surface area contributed by atoms with Gasteiger partial charge < -0.3 is 9.47 Å². The second kappa shape index (κ2) is 5.94. The maximum atomic E-state index is 13.9. The van der Waals surface area contributed by atoms with E-state index >= 15 is 0 Å². The Morgan fingerprint density at radius 3 is 2.05 bits per heavy atom. The monoisotopic (exact) mass is 307 g/mol. The lowest BCUT2D eigenvalue weighted by Gasteiger charge is -2.19. The smallest absolute Gasteiger partial charge is 0.265 e. The average Bonchev–Trinajstić information content (AvgIpc) is 2.35. The van der Waals surface area contributed by atoms with Crippen LogP contribution < -0.4 is 14.4 Å². The third-order valence-electron chi connectivity index (χ3n) is 2.19. The Labute approximate surface area is 117 Å². The van der Waals surface area contributed by atoms with Crippen LogP contribution in [0.15, 0.2) is 17.0 Å². The highest BCUT2D eigenvalue weighted by Crippen LogP contribution is 2.31. The highest BCUT2D eigenvalue weighted by Gasteiger charge is 2.25. The SMILES string of the molecule is COc1cc(F)c(S(=O)(=O)NOC(C)(C)C)cc1OC. The Hall–Kier alpha value is -1.38. The van der Waals surface area contributed by atoms with Crippen LogP contribution in [0.2, 0.25) is 0 Å². The molecule has 0 aliphatic carbocycles. The van der Waals surface area contributed by atoms with Gasteiger partial charge in [0.05, 0.1) is 19.8 Å². The van der Waals surface area contributed by atoms with E-state index in [1.165, 1.54) is 14.2 Å². The Morgan fingerprint density at radius 1 is 1.10 bits per heavy atom. The molecule has 0 heterocycles. The summed E-state index contributed by atoms with van der Waals surface area (Å²) in [4.78, 5) is 6.25. The molecule has 8 heteroatoms. The maximum Gasteiger partial charge on any atom is 0.265 e. The Morgan fingerprint density at radius 2 is 1.60 bits per heavy atom. The summed E-state index contributed by atoms with van der Waals surface area (Å²) in [5.74, 6) is -0.765. The van der Waals surface area contributed by atoms with Gasteiger partial charge in [-0.2, -0.15) is 0 Å². The molecule has 1 aromatic carbocycles. The van der Waals surface area contributed by atoms with Gasteiger partial charge in [0.15, 0.2) is 11.5 Å². The first-order valence-corrected chi connectivity index (χ1v) is 7.20. The van der Waals surface area contributed by atoms with Crippen LogP contribution in [0.5, 0.6) is 11.5 Å². The summed E-state index contributed by atoms with van der Waals surface area (Å²) >= 11 is 0. The molecule has 1 N–H and O–H groups in total. The molecule has 0 amide bonds. The lowest BCUT2D eigenvalue weighted by Crippen LogP contribution is -2.34. The third kappa shape index (κ3) is 4.06. The first-order chi connectivity index (χ1) is 9.10. The van der Waals surface area contributed by atoms with E-state index in [1.54, 1.807) is 20.8 Å². The van der Waals surface area contributed by atoms with Gasteiger partial charge in [-0.15, -0.1) is 0 Å². The second-order valence-electron chi connectivity index (χ2n) is 4.94. The van der Waals surface area contributed by atoms with Crippen molar-refractivity contribution >= 4 is 10.0 Å². The molecule has 0 fully saturated rings. The highest BCUT2D eigenvalue weighted by atomic mass is 32.2. The number of methoxy groups -OCH3 is 2. The van der Waals surface area contributed by atoms with Gasteiger partial charge in [0.25, 0.3) is 10.0 Å². The van der Waals surface area contributed by atoms with E-state index in [1.807, 2.05) is 4.89 Å². The second-order valence-corrected chi connectivity index (χ2v) is 6.55. The zero-order chi connectivity index (χ0) is 15.6. The van der Waals surface area contributed by atoms with E-state index in [4.69, 9.17) is 14.3 Å². The minimum atomic E-state index is -4.16. The summed E-state index contributed by atoms with van der Waals surface area (Å²) in [5, 5.41) is 0. The molecule has 0 saturated heterocycles. The van der Waals surface area contributed by atoms with Crippen molar-refractivity contribution in [1.29, 1.82) is 0 Å². The summed E-state index contributed by atoms with van der Waals surface area (Å²) in [5.41, 5.74) is -0.750. The van der Waals surface area contributed by atoms with Gasteiger partial charge >= 0.3 is 0 Å². The standard InChI is InChI=1S/C12H18FNO5S/c1-12(2,3)19-14-20(15,16)11-7-10(18-5)9(17-4)6-8(11)13/h6-7,14H,1-5H3. The molecule has 0 bridgehead atoms. The lowest BCUT2D eigenvalue weighted by atomic mass is 10.2. The van der Waals surface area contributed by atoms with E-state index < -0.39 is 26.3 Å². The molecule has 1 aromatic rings. The molecule has 6 nitrogen and oxygen atoms in total. The van der Waals surface area contributed by atoms with Gasteiger partial charge in [-0.1, -0.05) is 4.89 Å². The zero-order valence-corrected chi connectivity index (χ0v) is 12.8. The molecule has 20 heavy (non-hydrogen) atoms. The Kier molecular flexibility index (Phi) is 4.95. The van der Waals surface area contributed by atoms with E-state index in [0.717, 1.165) is 12.1 Å². The number of sulfonamides is 1. The van der Waals surface area contributed by atoms with Crippen LogP contribution in [0.3, 0.4) is 0 Å². The van der Waals surface area contributed by atoms with Crippen LogP contribution in [0.25, 0.3) is 0 Å². The molecule has 0 aromatic heterocycles. The molecule has 0 radical (unpaired) electrons. The minimum absolute atomic E-state index is 0.0979. The molecular weight excluding hydrogens is 289 g/mol. The van der Waals surface area contributed by atoms with Crippen molar-refractivity contribution < 1.29 is 27.1 Å². The fourth-order valence-electron chi connectivity index (χ4n) is 1.27. The largest absolute Gasteiger partial charge is 0.493 e. The molecule has 0 atom stereocenters. The normalized spacial score (nSPS) is 12.3. The zero-order valence-electron chi connectivity index (χ0n) is 12.0. The summed E-state index contributed by atoms with van der Waals surface area (Å²) in [6.45, 7) is 4.96. The van der Waals surface area contributed by atoms with Gasteiger partial charge in [0.2, 0.25) is 0 Å². The lowest BCUT2D eigenvalue weighted by molar-refractivity contribution is -0.0358. The van der Waals surface area contributed by atoms with Crippen LogP contribution in [0.1, 0.15) is 20.8 Å². The number of ether oxygens (including phenoxy) is 2. The molecule has 0 aliphatic rings. The summed E-state index contributed by atoms with van der Waals surface area (Å²) in [7, 11) is -1.51. The van der Waals surface area contributed by atoms with E-state index in [0.29, 0.717) is 0 Å². The number of hydrogen-bond acceptors (Lipinski definition) is 5. The average molecular weight is 307 g/mol. The van der Waals surface area contributed by atoms with Gasteiger partial charge in [-0.3, -0.25) is 4.84 Å². The van der Waals surface area contributed by atoms with Crippen LogP contribution >= 0.6 is 0 Å². The van der Waals surface area contributed by atoms with Crippen molar-refractivity contribution in [3.63, 3.8) is 0 Å². The van der Waals surface area contributed by atoms with Crippen molar-refractivity contribution in [3.05, 3.63) is 17.9 Å². The Balaban J connectivity index is 3.18. The number of rotatable bonds is 5. The van der Waals surface area contributed by atoms with Gasteiger partial charge in [-0.05, 0) is 20.8 Å². The topological polar surface area (TPSA) is 73.9 Å². The molecule has 0 aliphatic heterocycles. The predicted octanol–water partition coefficient (Wildman–Crippen LogP) is 1.85. The fraction of sp³-hybridized carbons (Fsp3) is 0.500. The van der Waals surface area contributed by atoms with Gasteiger partial charge in [0, 0.05) is 12.1 Å². The third-order valence-corrected chi connectivity index (χ3v) is 3.38. The summed E-state index contributed by atoms with van der Waals surface area (Å²) in [6.07, 6.45) is 0. The summed E-state index contributed by atoms with van der Waals surface area (Å²) < 4.78 is 47.7. The van der Waals surface area contributed by atoms with E-state index in [-0.39, 0.29) is 11.5 Å². The van der Waals surface area contributed by atoms with E-state index in [2.05, 4.69) is 0 Å². The summed E-state index contributed by atoms with van der Waals surface area (Å²) in [6, 6.07) is 1.97. The molecule has 1 rings (SSSR count). The van der Waals surface area contributed by atoms with Crippen molar-refractivity contribution in [2.24, 2.45) is 0 Å². The van der Waals surface area contributed by atoms with Gasteiger partial charge in [-0.25, -0.2) is 12.8 Å². The quantitative estimate of drug-likeness (QED) is 0.840. The number of hydrogen-bond donors (Lipinski definition) is 1. The number of benzene rings is 1. The number of nitrogens with one attached hydrogen (secondary N) is 1. The van der Waals surface area contributed by atoms with Gasteiger partial charge in [0.1, 0.15) is 10.7 Å². The van der Waals surface area contributed by atoms with Crippen molar-refractivity contribution in [3.8, 4) is 11.5 Å². The van der Waals surface area contributed by atoms with Crippen molar-refractivity contribution in [1.82, 2.24) is 4.89 Å². The van der Waals surface area contributed by atoms with E-state index in [9.17, 15) is 12.8 Å². The molecule has 0 saturated carbocycles. The first-order valence-electron chi connectivity index (χ1n) is 5.72. The van der Waals surface area contributed by atoms with Crippen molar-refractivity contribution in [2.75, 3.05) is 14.2 Å². The Bertz CT molecular complexity index is 580. The minimum Gasteiger partial charge on any atom is -0.493 e. The number of halogens is 1. The molecule has 0 unspecified atom stereocenters. The maximum absolute atomic E-state index is 13.9. The molecule has 0 spiro atoms. The van der Waals surface area contributed by atoms with Crippen molar-refractivity contribution in [2.45, 2.75) is 31.3 Å². The van der Waals surface area contributed by atoms with Crippen LogP contribution in [0.4, 0.5) is 4.39 Å². The fourth-order valence-corrected chi connectivity index (χ4v) is 2.29. The van der Waals surface area contributed by atoms with Crippen LogP contribution in [0, 0.1) is 5.82 Å².